The van der Waals surface area contributed by atoms with Gasteiger partial charge >= 0.3 is 0 Å². The first-order chi connectivity index (χ1) is 12.1. The van der Waals surface area contributed by atoms with Crippen molar-refractivity contribution in [2.45, 2.75) is 19.8 Å². The van der Waals surface area contributed by atoms with Crippen molar-refractivity contribution in [1.29, 1.82) is 0 Å². The van der Waals surface area contributed by atoms with Gasteiger partial charge in [-0.15, -0.1) is 0 Å². The molecule has 3 nitrogen and oxygen atoms in total. The molecule has 0 fully saturated rings. The van der Waals surface area contributed by atoms with Crippen LogP contribution in [-0.2, 0) is 12.8 Å². The Morgan fingerprint density at radius 3 is 2.00 bits per heavy atom. The molecule has 122 valence electrons. The number of benzene rings is 3. The molecule has 0 unspecified atom stereocenters. The summed E-state index contributed by atoms with van der Waals surface area (Å²) in [6.45, 7) is 1.99. The molecule has 1 heterocycles. The van der Waals surface area contributed by atoms with Gasteiger partial charge in [0.05, 0.1) is 5.69 Å². The zero-order valence-corrected chi connectivity index (χ0v) is 15.8. The molecule has 25 heavy (non-hydrogen) atoms. The van der Waals surface area contributed by atoms with Crippen molar-refractivity contribution in [2.75, 3.05) is 4.90 Å². The second kappa shape index (κ2) is 5.14. The van der Waals surface area contributed by atoms with Crippen molar-refractivity contribution in [3.05, 3.63) is 73.9 Å². The van der Waals surface area contributed by atoms with Gasteiger partial charge in [-0.1, -0.05) is 12.1 Å². The maximum absolute atomic E-state index is 13.2. The molecule has 0 saturated heterocycles. The van der Waals surface area contributed by atoms with Gasteiger partial charge in [0.2, 0.25) is 0 Å². The summed E-state index contributed by atoms with van der Waals surface area (Å²) in [6, 6.07) is 13.5. The van der Waals surface area contributed by atoms with Crippen LogP contribution < -0.4 is 4.90 Å². The summed E-state index contributed by atoms with van der Waals surface area (Å²) in [4.78, 5) is 27.6. The number of aryl methyl sites for hydroxylation is 3. The molecular weight excluding hydrogens is 425 g/mol. The van der Waals surface area contributed by atoms with Crippen LogP contribution in [0.25, 0.3) is 10.8 Å². The average molecular weight is 439 g/mol. The fourth-order valence-corrected chi connectivity index (χ4v) is 4.36. The predicted octanol–water partition coefficient (Wildman–Crippen LogP) is 4.65. The molecule has 3 aromatic carbocycles. The molecule has 3 aromatic rings. The zero-order valence-electron chi connectivity index (χ0n) is 13.6. The molecule has 0 aromatic heterocycles. The van der Waals surface area contributed by atoms with Gasteiger partial charge in [0.15, 0.2) is 0 Å². The maximum Gasteiger partial charge on any atom is 0.265 e. The van der Waals surface area contributed by atoms with E-state index < -0.39 is 0 Å². The summed E-state index contributed by atoms with van der Waals surface area (Å²) >= 11 is 2.25. The Morgan fingerprint density at radius 1 is 0.840 bits per heavy atom. The van der Waals surface area contributed by atoms with Gasteiger partial charge in [0.25, 0.3) is 11.8 Å². The number of halogens is 1. The molecule has 0 N–H and O–H groups in total. The van der Waals surface area contributed by atoms with E-state index in [2.05, 4.69) is 22.6 Å². The fourth-order valence-electron chi connectivity index (χ4n) is 4.02. The summed E-state index contributed by atoms with van der Waals surface area (Å²) in [5.74, 6) is -0.456. The number of amides is 2. The van der Waals surface area contributed by atoms with Crippen molar-refractivity contribution in [3.8, 4) is 0 Å². The molecule has 5 rings (SSSR count). The molecule has 2 aliphatic rings. The summed E-state index contributed by atoms with van der Waals surface area (Å²) in [7, 11) is 0. The average Bonchev–Trinajstić information content (AvgIpc) is 3.03. The standard InChI is InChI=1S/C21H14INO2/c1-11-10-14(6-9-17(11)22)23-20(24)15-7-4-12-2-3-13-5-8-16(21(23)25)19(15)18(12)13/h4-10H,2-3H2,1H3. The van der Waals surface area contributed by atoms with E-state index in [-0.39, 0.29) is 11.8 Å². The lowest BCUT2D eigenvalue weighted by atomic mass is 9.91. The number of rotatable bonds is 1. The topological polar surface area (TPSA) is 37.4 Å². The number of anilines is 1. The van der Waals surface area contributed by atoms with Crippen molar-refractivity contribution < 1.29 is 9.59 Å². The third-order valence-corrected chi connectivity index (χ3v) is 6.47. The zero-order chi connectivity index (χ0) is 17.3. The van der Waals surface area contributed by atoms with Crippen LogP contribution in [0.4, 0.5) is 5.69 Å². The van der Waals surface area contributed by atoms with E-state index in [1.807, 2.05) is 49.4 Å². The molecule has 0 spiro atoms. The maximum atomic E-state index is 13.2. The number of carbonyl (C=O) groups excluding carboxylic acids is 2. The lowest BCUT2D eigenvalue weighted by Gasteiger charge is -2.28. The fraction of sp³-hybridized carbons (Fsp3) is 0.143. The van der Waals surface area contributed by atoms with Gasteiger partial charge in [0, 0.05) is 20.1 Å². The highest BCUT2D eigenvalue weighted by Crippen LogP contribution is 2.39. The van der Waals surface area contributed by atoms with Crippen molar-refractivity contribution >= 4 is 50.9 Å². The first kappa shape index (κ1) is 15.1. The second-order valence-corrected chi connectivity index (χ2v) is 7.84. The predicted molar refractivity (Wildman–Crippen MR) is 106 cm³/mol. The Balaban J connectivity index is 1.78. The summed E-state index contributed by atoms with van der Waals surface area (Å²) < 4.78 is 1.11. The Labute approximate surface area is 158 Å². The van der Waals surface area contributed by atoms with E-state index in [1.54, 1.807) is 0 Å². The highest BCUT2D eigenvalue weighted by Gasteiger charge is 2.35. The Morgan fingerprint density at radius 2 is 1.44 bits per heavy atom. The Kier molecular flexibility index (Phi) is 3.10. The van der Waals surface area contributed by atoms with Crippen LogP contribution in [0, 0.1) is 10.5 Å². The minimum Gasteiger partial charge on any atom is -0.268 e. The molecule has 1 aliphatic carbocycles. The lowest BCUT2D eigenvalue weighted by molar-refractivity contribution is 0.0893. The van der Waals surface area contributed by atoms with E-state index in [0.717, 1.165) is 32.7 Å². The van der Waals surface area contributed by atoms with Crippen LogP contribution in [0.15, 0.2) is 42.5 Å². The van der Waals surface area contributed by atoms with Gasteiger partial charge in [-0.25, -0.2) is 4.90 Å². The minimum atomic E-state index is -0.228. The third-order valence-electron chi connectivity index (χ3n) is 5.26. The third kappa shape index (κ3) is 1.97. The van der Waals surface area contributed by atoms with Gasteiger partial charge in [-0.2, -0.15) is 0 Å². The van der Waals surface area contributed by atoms with E-state index in [9.17, 15) is 9.59 Å². The van der Waals surface area contributed by atoms with Gasteiger partial charge in [-0.05, 0) is 94.8 Å². The van der Waals surface area contributed by atoms with E-state index in [0.29, 0.717) is 16.8 Å². The largest absolute Gasteiger partial charge is 0.268 e. The van der Waals surface area contributed by atoms with Gasteiger partial charge in [-0.3, -0.25) is 9.59 Å². The first-order valence-corrected chi connectivity index (χ1v) is 9.36. The number of hydrogen-bond donors (Lipinski definition) is 0. The molecule has 4 heteroatoms. The summed E-state index contributed by atoms with van der Waals surface area (Å²) in [5, 5.41) is 1.97. The molecule has 1 aliphatic heterocycles. The molecular formula is C21H14INO2. The van der Waals surface area contributed by atoms with Crippen molar-refractivity contribution in [2.24, 2.45) is 0 Å². The SMILES string of the molecule is Cc1cc(N2C(=O)c3ccc4c5c(ccc(c35)C2=O)CC4)ccc1I. The number of carbonyl (C=O) groups is 2. The normalized spacial score (nSPS) is 15.4. The molecule has 0 saturated carbocycles. The van der Waals surface area contributed by atoms with Crippen molar-refractivity contribution in [3.63, 3.8) is 0 Å². The van der Waals surface area contributed by atoms with Crippen LogP contribution in [0.5, 0.6) is 0 Å². The lowest BCUT2D eigenvalue weighted by Crippen LogP contribution is -2.40. The first-order valence-electron chi connectivity index (χ1n) is 8.28. The molecule has 2 amide bonds. The van der Waals surface area contributed by atoms with Gasteiger partial charge in [0.1, 0.15) is 0 Å². The molecule has 0 bridgehead atoms. The van der Waals surface area contributed by atoms with Crippen LogP contribution >= 0.6 is 22.6 Å². The number of nitrogens with zero attached hydrogens (tertiary/aromatic N) is 1. The second-order valence-electron chi connectivity index (χ2n) is 6.67. The minimum absolute atomic E-state index is 0.228. The van der Waals surface area contributed by atoms with E-state index >= 15 is 0 Å². The molecule has 0 radical (unpaired) electrons. The Bertz CT molecular complexity index is 1060. The van der Waals surface area contributed by atoms with Crippen molar-refractivity contribution in [1.82, 2.24) is 0 Å². The smallest absolute Gasteiger partial charge is 0.265 e. The quantitative estimate of drug-likeness (QED) is 0.409. The highest BCUT2D eigenvalue weighted by atomic mass is 127. The van der Waals surface area contributed by atoms with Crippen LogP contribution in [0.3, 0.4) is 0 Å². The van der Waals surface area contributed by atoms with E-state index in [4.69, 9.17) is 0 Å². The van der Waals surface area contributed by atoms with Crippen LogP contribution in [-0.4, -0.2) is 11.8 Å². The number of hydrogen-bond acceptors (Lipinski definition) is 2. The monoisotopic (exact) mass is 439 g/mol. The van der Waals surface area contributed by atoms with Gasteiger partial charge < -0.3 is 0 Å². The number of imide groups is 1. The molecule has 0 atom stereocenters. The summed E-state index contributed by atoms with van der Waals surface area (Å²) in [6.07, 6.45) is 1.97. The highest BCUT2D eigenvalue weighted by molar-refractivity contribution is 14.1. The van der Waals surface area contributed by atoms with Crippen LogP contribution in [0.1, 0.15) is 37.4 Å². The summed E-state index contributed by atoms with van der Waals surface area (Å²) in [5.41, 5.74) is 5.44. The van der Waals surface area contributed by atoms with E-state index in [1.165, 1.54) is 16.0 Å². The van der Waals surface area contributed by atoms with Crippen LogP contribution in [0.2, 0.25) is 0 Å². The Hall–Kier alpha value is -2.21.